The fraction of sp³-hybridized carbons (Fsp3) is 0.480. The maximum absolute atomic E-state index is 13.1. The predicted octanol–water partition coefficient (Wildman–Crippen LogP) is 3.26. The summed E-state index contributed by atoms with van der Waals surface area (Å²) >= 11 is 0. The van der Waals surface area contributed by atoms with Crippen LogP contribution in [0.15, 0.2) is 48.7 Å². The van der Waals surface area contributed by atoms with Gasteiger partial charge in [-0.2, -0.15) is 0 Å². The van der Waals surface area contributed by atoms with Crippen LogP contribution in [0.4, 0.5) is 4.39 Å². The van der Waals surface area contributed by atoms with Crippen LogP contribution in [0.25, 0.3) is 0 Å². The Bertz CT molecular complexity index is 900. The van der Waals surface area contributed by atoms with Gasteiger partial charge in [0.2, 0.25) is 5.91 Å². The molecule has 1 aromatic heterocycles. The molecule has 1 saturated carbocycles. The Kier molecular flexibility index (Phi) is 7.47. The van der Waals surface area contributed by atoms with Gasteiger partial charge < -0.3 is 15.5 Å². The first-order chi connectivity index (χ1) is 15.6. The van der Waals surface area contributed by atoms with E-state index in [1.54, 1.807) is 24.4 Å². The normalized spacial score (nSPS) is 21.1. The Balaban J connectivity index is 1.28. The van der Waals surface area contributed by atoms with Crippen molar-refractivity contribution in [2.24, 2.45) is 0 Å². The zero-order chi connectivity index (χ0) is 22.3. The molecule has 0 radical (unpaired) electrons. The molecule has 170 valence electrons. The van der Waals surface area contributed by atoms with E-state index in [1.807, 2.05) is 17.0 Å². The highest BCUT2D eigenvalue weighted by Crippen LogP contribution is 2.40. The number of pyridine rings is 1. The molecule has 2 aromatic rings. The summed E-state index contributed by atoms with van der Waals surface area (Å²) in [6, 6.07) is 11.7. The van der Waals surface area contributed by atoms with Gasteiger partial charge >= 0.3 is 0 Å². The van der Waals surface area contributed by atoms with E-state index in [4.69, 9.17) is 0 Å². The van der Waals surface area contributed by atoms with E-state index in [0.29, 0.717) is 24.1 Å². The molecule has 2 heterocycles. The summed E-state index contributed by atoms with van der Waals surface area (Å²) in [6.45, 7) is 2.29. The van der Waals surface area contributed by atoms with Crippen LogP contribution in [-0.2, 0) is 4.79 Å². The summed E-state index contributed by atoms with van der Waals surface area (Å²) in [4.78, 5) is 31.7. The number of carbonyl (C=O) groups is 2. The third-order valence-electron chi connectivity index (χ3n) is 6.33. The topological polar surface area (TPSA) is 74.3 Å². The first-order valence-corrected chi connectivity index (χ1v) is 11.6. The maximum atomic E-state index is 13.1. The first kappa shape index (κ1) is 22.4. The lowest BCUT2D eigenvalue weighted by Crippen LogP contribution is -2.50. The number of amides is 2. The van der Waals surface area contributed by atoms with E-state index < -0.39 is 6.04 Å². The van der Waals surface area contributed by atoms with Gasteiger partial charge in [0.05, 0.1) is 0 Å². The zero-order valence-electron chi connectivity index (χ0n) is 18.3. The summed E-state index contributed by atoms with van der Waals surface area (Å²) in [5, 5.41) is 6.45. The van der Waals surface area contributed by atoms with Gasteiger partial charge in [0.15, 0.2) is 0 Å². The second-order valence-electron chi connectivity index (χ2n) is 8.72. The molecule has 3 atom stereocenters. The van der Waals surface area contributed by atoms with E-state index in [1.165, 1.54) is 12.1 Å². The number of carbonyl (C=O) groups excluding carboxylic acids is 2. The van der Waals surface area contributed by atoms with Crippen molar-refractivity contribution in [2.75, 3.05) is 19.6 Å². The van der Waals surface area contributed by atoms with Crippen molar-refractivity contribution in [3.05, 3.63) is 65.7 Å². The second kappa shape index (κ2) is 10.7. The van der Waals surface area contributed by atoms with Crippen LogP contribution in [0.1, 0.15) is 60.5 Å². The van der Waals surface area contributed by atoms with E-state index in [2.05, 4.69) is 15.6 Å². The second-order valence-corrected chi connectivity index (χ2v) is 8.72. The highest BCUT2D eigenvalue weighted by Gasteiger charge is 2.37. The standard InChI is InChI=1S/C25H31FN4O2/c26-19-11-9-18(10-12-19)20-17-23(20)28-14-6-8-22(25(32)30-15-4-1-5-16-30)29-24(31)21-7-2-3-13-27-21/h2-3,7,9-13,20,22-23,28H,1,4-6,8,14-17H2,(H,29,31)/t20-,22-,23+/m0/s1. The van der Waals surface area contributed by atoms with E-state index >= 15 is 0 Å². The molecule has 1 aliphatic carbocycles. The van der Waals surface area contributed by atoms with Gasteiger partial charge in [0.25, 0.3) is 5.91 Å². The zero-order valence-corrected chi connectivity index (χ0v) is 18.3. The Morgan fingerprint density at radius 2 is 1.88 bits per heavy atom. The van der Waals surface area contributed by atoms with Crippen LogP contribution >= 0.6 is 0 Å². The van der Waals surface area contributed by atoms with Gasteiger partial charge in [-0.15, -0.1) is 0 Å². The number of halogens is 1. The number of likely N-dealkylation sites (tertiary alicyclic amines) is 1. The number of benzene rings is 1. The first-order valence-electron chi connectivity index (χ1n) is 11.6. The van der Waals surface area contributed by atoms with Crippen LogP contribution in [-0.4, -0.2) is 53.4 Å². The van der Waals surface area contributed by atoms with Crippen LogP contribution in [0.5, 0.6) is 0 Å². The lowest BCUT2D eigenvalue weighted by Gasteiger charge is -2.30. The molecule has 0 unspecified atom stereocenters. The van der Waals surface area contributed by atoms with E-state index in [0.717, 1.165) is 57.3 Å². The largest absolute Gasteiger partial charge is 0.341 e. The van der Waals surface area contributed by atoms with Crippen LogP contribution in [0.2, 0.25) is 0 Å². The molecule has 1 aliphatic heterocycles. The summed E-state index contributed by atoms with van der Waals surface area (Å²) < 4.78 is 13.1. The van der Waals surface area contributed by atoms with Crippen LogP contribution in [0.3, 0.4) is 0 Å². The van der Waals surface area contributed by atoms with Gasteiger partial charge in [-0.1, -0.05) is 18.2 Å². The van der Waals surface area contributed by atoms with Crippen molar-refractivity contribution in [2.45, 2.75) is 56.5 Å². The Labute approximate surface area is 188 Å². The number of nitrogens with one attached hydrogen (secondary N) is 2. The van der Waals surface area contributed by atoms with Gasteiger partial charge in [0.1, 0.15) is 17.6 Å². The van der Waals surface area contributed by atoms with Crippen molar-refractivity contribution in [3.8, 4) is 0 Å². The van der Waals surface area contributed by atoms with Crippen molar-refractivity contribution >= 4 is 11.8 Å². The van der Waals surface area contributed by atoms with Gasteiger partial charge in [-0.05, 0) is 74.9 Å². The van der Waals surface area contributed by atoms with E-state index in [9.17, 15) is 14.0 Å². The van der Waals surface area contributed by atoms with Gasteiger partial charge in [-0.3, -0.25) is 14.6 Å². The van der Waals surface area contributed by atoms with Crippen molar-refractivity contribution < 1.29 is 14.0 Å². The lowest BCUT2D eigenvalue weighted by atomic mass is 10.1. The Morgan fingerprint density at radius 3 is 2.59 bits per heavy atom. The number of hydrogen-bond donors (Lipinski definition) is 2. The minimum atomic E-state index is -0.545. The molecule has 2 fully saturated rings. The number of piperidine rings is 1. The van der Waals surface area contributed by atoms with Crippen molar-refractivity contribution in [3.63, 3.8) is 0 Å². The van der Waals surface area contributed by atoms with E-state index in [-0.39, 0.29) is 17.6 Å². The SMILES string of the molecule is O=C(N[C@@H](CCCN[C@@H]1C[C@H]1c1ccc(F)cc1)C(=O)N1CCCCC1)c1ccccn1. The molecule has 7 heteroatoms. The highest BCUT2D eigenvalue weighted by molar-refractivity contribution is 5.96. The average molecular weight is 439 g/mol. The molecule has 1 aromatic carbocycles. The van der Waals surface area contributed by atoms with Crippen LogP contribution < -0.4 is 10.6 Å². The maximum Gasteiger partial charge on any atom is 0.270 e. The minimum Gasteiger partial charge on any atom is -0.341 e. The molecule has 1 saturated heterocycles. The summed E-state index contributed by atoms with van der Waals surface area (Å²) in [5.74, 6) is -0.0987. The molecule has 0 bridgehead atoms. The molecule has 2 N–H and O–H groups in total. The Hall–Kier alpha value is -2.80. The average Bonchev–Trinajstić information content (AvgIpc) is 3.61. The lowest BCUT2D eigenvalue weighted by molar-refractivity contribution is -0.134. The molecule has 2 amide bonds. The molecule has 4 rings (SSSR count). The van der Waals surface area contributed by atoms with Crippen LogP contribution in [0, 0.1) is 5.82 Å². The van der Waals surface area contributed by atoms with Crippen molar-refractivity contribution in [1.82, 2.24) is 20.5 Å². The summed E-state index contributed by atoms with van der Waals surface area (Å²) in [5.41, 5.74) is 1.48. The molecular weight excluding hydrogens is 407 g/mol. The third kappa shape index (κ3) is 5.91. The summed E-state index contributed by atoms with van der Waals surface area (Å²) in [7, 11) is 0. The Morgan fingerprint density at radius 1 is 1.09 bits per heavy atom. The summed E-state index contributed by atoms with van der Waals surface area (Å²) in [6.07, 6.45) is 7.15. The molecule has 0 spiro atoms. The fourth-order valence-corrected chi connectivity index (χ4v) is 4.41. The molecule has 32 heavy (non-hydrogen) atoms. The number of nitrogens with zero attached hydrogens (tertiary/aromatic N) is 2. The molecule has 2 aliphatic rings. The third-order valence-corrected chi connectivity index (χ3v) is 6.33. The quantitative estimate of drug-likeness (QED) is 0.590. The van der Waals surface area contributed by atoms with Crippen molar-refractivity contribution in [1.29, 1.82) is 0 Å². The van der Waals surface area contributed by atoms with Gasteiger partial charge in [0, 0.05) is 31.2 Å². The number of rotatable bonds is 9. The number of aromatic nitrogens is 1. The predicted molar refractivity (Wildman–Crippen MR) is 121 cm³/mol. The smallest absolute Gasteiger partial charge is 0.270 e. The van der Waals surface area contributed by atoms with Gasteiger partial charge in [-0.25, -0.2) is 4.39 Å². The molecule has 6 nitrogen and oxygen atoms in total. The monoisotopic (exact) mass is 438 g/mol. The highest BCUT2D eigenvalue weighted by atomic mass is 19.1. The minimum absolute atomic E-state index is 0.00425. The molecular formula is C25H31FN4O2. The fourth-order valence-electron chi connectivity index (χ4n) is 4.41. The number of hydrogen-bond acceptors (Lipinski definition) is 4.